The molecule has 3 unspecified atom stereocenters. The average Bonchev–Trinajstić information content (AvgIpc) is 3.05. The third-order valence-electron chi connectivity index (χ3n) is 3.83. The van der Waals surface area contributed by atoms with E-state index in [1.165, 1.54) is 12.5 Å². The standard InChI is InChI=1S/C15H21ClFN/c1-3-7-18-15(11-8-10(11)2)9-12-13(16)5-4-6-14(12)17/h4-6,10-11,15,18H,3,7-9H2,1-2H3. The van der Waals surface area contributed by atoms with E-state index < -0.39 is 0 Å². The first-order chi connectivity index (χ1) is 8.63. The lowest BCUT2D eigenvalue weighted by atomic mass is 10.0. The molecule has 0 aromatic heterocycles. The molecule has 1 aliphatic carbocycles. The molecule has 0 heterocycles. The van der Waals surface area contributed by atoms with Gasteiger partial charge in [-0.25, -0.2) is 4.39 Å². The molecular weight excluding hydrogens is 249 g/mol. The Balaban J connectivity index is 2.08. The van der Waals surface area contributed by atoms with Crippen LogP contribution in [-0.4, -0.2) is 12.6 Å². The first-order valence-corrected chi connectivity index (χ1v) is 7.17. The monoisotopic (exact) mass is 269 g/mol. The van der Waals surface area contributed by atoms with Crippen molar-refractivity contribution in [3.8, 4) is 0 Å². The molecule has 1 aromatic rings. The van der Waals surface area contributed by atoms with E-state index >= 15 is 0 Å². The highest BCUT2D eigenvalue weighted by atomic mass is 35.5. The predicted molar refractivity (Wildman–Crippen MR) is 74.5 cm³/mol. The molecule has 1 nitrogen and oxygen atoms in total. The van der Waals surface area contributed by atoms with Gasteiger partial charge in [0.15, 0.2) is 0 Å². The smallest absolute Gasteiger partial charge is 0.127 e. The summed E-state index contributed by atoms with van der Waals surface area (Å²) in [4.78, 5) is 0. The molecule has 0 amide bonds. The van der Waals surface area contributed by atoms with Crippen LogP contribution >= 0.6 is 11.6 Å². The summed E-state index contributed by atoms with van der Waals surface area (Å²) in [6, 6.07) is 5.28. The molecule has 100 valence electrons. The van der Waals surface area contributed by atoms with Crippen LogP contribution in [-0.2, 0) is 6.42 Å². The Morgan fingerprint density at radius 3 is 2.78 bits per heavy atom. The average molecular weight is 270 g/mol. The summed E-state index contributed by atoms with van der Waals surface area (Å²) in [5.74, 6) is 1.25. The Hall–Kier alpha value is -0.600. The Labute approximate surface area is 114 Å². The molecule has 2 rings (SSSR count). The maximum absolute atomic E-state index is 13.8. The Morgan fingerprint density at radius 1 is 1.50 bits per heavy atom. The maximum atomic E-state index is 13.8. The van der Waals surface area contributed by atoms with E-state index in [1.54, 1.807) is 12.1 Å². The van der Waals surface area contributed by atoms with E-state index in [9.17, 15) is 4.39 Å². The summed E-state index contributed by atoms with van der Waals surface area (Å²) in [5, 5.41) is 4.09. The zero-order chi connectivity index (χ0) is 13.1. The van der Waals surface area contributed by atoms with Crippen LogP contribution in [0.25, 0.3) is 0 Å². The van der Waals surface area contributed by atoms with Crippen molar-refractivity contribution >= 4 is 11.6 Å². The first kappa shape index (κ1) is 13.8. The Morgan fingerprint density at radius 2 is 2.22 bits per heavy atom. The van der Waals surface area contributed by atoms with Crippen LogP contribution in [0.5, 0.6) is 0 Å². The van der Waals surface area contributed by atoms with Crippen molar-refractivity contribution in [2.24, 2.45) is 11.8 Å². The molecule has 1 aliphatic rings. The van der Waals surface area contributed by atoms with E-state index in [0.29, 0.717) is 29.0 Å². The lowest BCUT2D eigenvalue weighted by molar-refractivity contribution is 0.436. The molecule has 0 radical (unpaired) electrons. The topological polar surface area (TPSA) is 12.0 Å². The highest BCUT2D eigenvalue weighted by Crippen LogP contribution is 2.42. The molecule has 3 heteroatoms. The zero-order valence-corrected chi connectivity index (χ0v) is 11.8. The third-order valence-corrected chi connectivity index (χ3v) is 4.18. The molecule has 3 atom stereocenters. The minimum atomic E-state index is -0.181. The molecule has 0 bridgehead atoms. The first-order valence-electron chi connectivity index (χ1n) is 6.79. The van der Waals surface area contributed by atoms with Gasteiger partial charge in [-0.3, -0.25) is 0 Å². The van der Waals surface area contributed by atoms with Crippen molar-refractivity contribution in [2.75, 3.05) is 6.54 Å². The van der Waals surface area contributed by atoms with Crippen LogP contribution in [0.1, 0.15) is 32.3 Å². The second-order valence-corrected chi connectivity index (χ2v) is 5.75. The molecule has 1 aromatic carbocycles. The van der Waals surface area contributed by atoms with Gasteiger partial charge in [-0.2, -0.15) is 0 Å². The summed E-state index contributed by atoms with van der Waals surface area (Å²) < 4.78 is 13.8. The maximum Gasteiger partial charge on any atom is 0.127 e. The number of nitrogens with one attached hydrogen (secondary N) is 1. The minimum absolute atomic E-state index is 0.181. The van der Waals surface area contributed by atoms with Gasteiger partial charge in [-0.15, -0.1) is 0 Å². The van der Waals surface area contributed by atoms with Crippen molar-refractivity contribution < 1.29 is 4.39 Å². The van der Waals surface area contributed by atoms with Crippen LogP contribution in [0, 0.1) is 17.7 Å². The SMILES string of the molecule is CCCNC(Cc1c(F)cccc1Cl)C1CC1C. The quantitative estimate of drug-likeness (QED) is 0.822. The predicted octanol–water partition coefficient (Wildman–Crippen LogP) is 4.05. The normalized spacial score (nSPS) is 24.0. The van der Waals surface area contributed by atoms with Gasteiger partial charge in [0.25, 0.3) is 0 Å². The molecule has 0 aliphatic heterocycles. The van der Waals surface area contributed by atoms with Crippen LogP contribution in [0.4, 0.5) is 4.39 Å². The largest absolute Gasteiger partial charge is 0.313 e. The zero-order valence-electron chi connectivity index (χ0n) is 11.0. The molecule has 1 fully saturated rings. The number of rotatable bonds is 6. The van der Waals surface area contributed by atoms with Crippen LogP contribution in [0.2, 0.25) is 5.02 Å². The molecule has 18 heavy (non-hydrogen) atoms. The van der Waals surface area contributed by atoms with Gasteiger partial charge in [-0.05, 0) is 49.8 Å². The van der Waals surface area contributed by atoms with Crippen LogP contribution < -0.4 is 5.32 Å². The molecular formula is C15H21ClFN. The fourth-order valence-electron chi connectivity index (χ4n) is 2.56. The van der Waals surface area contributed by atoms with Gasteiger partial charge in [0.1, 0.15) is 5.82 Å². The fourth-order valence-corrected chi connectivity index (χ4v) is 2.80. The second kappa shape index (κ2) is 6.03. The van der Waals surface area contributed by atoms with Gasteiger partial charge in [0, 0.05) is 16.6 Å². The van der Waals surface area contributed by atoms with Gasteiger partial charge >= 0.3 is 0 Å². The lowest BCUT2D eigenvalue weighted by Gasteiger charge is -2.19. The highest BCUT2D eigenvalue weighted by molar-refractivity contribution is 6.31. The minimum Gasteiger partial charge on any atom is -0.313 e. The molecule has 1 N–H and O–H groups in total. The summed E-state index contributed by atoms with van der Waals surface area (Å²) in [6.45, 7) is 5.39. The van der Waals surface area contributed by atoms with Crippen molar-refractivity contribution in [1.29, 1.82) is 0 Å². The number of benzene rings is 1. The van der Waals surface area contributed by atoms with E-state index in [2.05, 4.69) is 19.2 Å². The van der Waals surface area contributed by atoms with E-state index in [0.717, 1.165) is 18.9 Å². The van der Waals surface area contributed by atoms with E-state index in [-0.39, 0.29) is 5.82 Å². The van der Waals surface area contributed by atoms with E-state index in [4.69, 9.17) is 11.6 Å². The van der Waals surface area contributed by atoms with Crippen molar-refractivity contribution in [1.82, 2.24) is 5.32 Å². The number of hydrogen-bond acceptors (Lipinski definition) is 1. The Bertz CT molecular complexity index is 387. The van der Waals surface area contributed by atoms with Gasteiger partial charge < -0.3 is 5.32 Å². The second-order valence-electron chi connectivity index (χ2n) is 5.34. The van der Waals surface area contributed by atoms with Crippen LogP contribution in [0.15, 0.2) is 18.2 Å². The summed E-state index contributed by atoms with van der Waals surface area (Å²) in [7, 11) is 0. The van der Waals surface area contributed by atoms with Gasteiger partial charge in [0.2, 0.25) is 0 Å². The highest BCUT2D eigenvalue weighted by Gasteiger charge is 2.39. The number of halogens is 2. The summed E-state index contributed by atoms with van der Waals surface area (Å²) >= 11 is 6.10. The summed E-state index contributed by atoms with van der Waals surface area (Å²) in [6.07, 6.45) is 3.04. The van der Waals surface area contributed by atoms with Crippen molar-refractivity contribution in [3.63, 3.8) is 0 Å². The molecule has 0 spiro atoms. The Kier molecular flexibility index (Phi) is 4.63. The lowest BCUT2D eigenvalue weighted by Crippen LogP contribution is -2.34. The third kappa shape index (κ3) is 3.24. The van der Waals surface area contributed by atoms with Crippen LogP contribution in [0.3, 0.4) is 0 Å². The number of hydrogen-bond donors (Lipinski definition) is 1. The van der Waals surface area contributed by atoms with Crippen molar-refractivity contribution in [2.45, 2.75) is 39.2 Å². The molecule has 1 saturated carbocycles. The van der Waals surface area contributed by atoms with Crippen molar-refractivity contribution in [3.05, 3.63) is 34.6 Å². The van der Waals surface area contributed by atoms with Gasteiger partial charge in [-0.1, -0.05) is 31.5 Å². The fraction of sp³-hybridized carbons (Fsp3) is 0.600. The summed E-state index contributed by atoms with van der Waals surface area (Å²) in [5.41, 5.74) is 0.659. The molecule has 0 saturated heterocycles. The van der Waals surface area contributed by atoms with E-state index in [1.807, 2.05) is 0 Å². The van der Waals surface area contributed by atoms with Gasteiger partial charge in [0.05, 0.1) is 0 Å².